The molecule has 3 heterocycles. The van der Waals surface area contributed by atoms with Gasteiger partial charge in [-0.1, -0.05) is 63.6 Å². The summed E-state index contributed by atoms with van der Waals surface area (Å²) in [5, 5.41) is 3.27. The van der Waals surface area contributed by atoms with Gasteiger partial charge in [-0.2, -0.15) is 0 Å². The van der Waals surface area contributed by atoms with E-state index >= 15 is 0 Å². The second-order valence-corrected chi connectivity index (χ2v) is 11.5. The van der Waals surface area contributed by atoms with Gasteiger partial charge in [-0.05, 0) is 96.8 Å². The average molecular weight is 461 g/mol. The third-order valence-electron chi connectivity index (χ3n) is 8.43. The third-order valence-corrected chi connectivity index (χ3v) is 8.43. The number of benzene rings is 2. The van der Waals surface area contributed by atoms with Crippen molar-refractivity contribution in [2.24, 2.45) is 11.3 Å². The highest BCUT2D eigenvalue weighted by Crippen LogP contribution is 2.47. The topological polar surface area (TPSA) is 41.6 Å². The lowest BCUT2D eigenvalue weighted by atomic mass is 9.85. The normalized spacial score (nSPS) is 26.8. The van der Waals surface area contributed by atoms with E-state index in [2.05, 4.69) is 74.3 Å². The van der Waals surface area contributed by atoms with Crippen LogP contribution in [0.15, 0.2) is 36.4 Å². The number of fused-ring (bicyclic) bond motifs is 4. The number of nitrogens with one attached hydrogen (secondary N) is 1. The molecule has 1 N–H and O–H groups in total. The fourth-order valence-electron chi connectivity index (χ4n) is 6.36. The molecule has 0 saturated carbocycles. The van der Waals surface area contributed by atoms with Crippen molar-refractivity contribution < 1.29 is 9.53 Å². The first kappa shape index (κ1) is 23.4. The van der Waals surface area contributed by atoms with E-state index in [0.717, 1.165) is 45.3 Å². The van der Waals surface area contributed by atoms with Crippen LogP contribution in [0.4, 0.5) is 4.79 Å². The Balaban J connectivity index is 1.32. The van der Waals surface area contributed by atoms with Crippen molar-refractivity contribution in [3.63, 3.8) is 0 Å². The van der Waals surface area contributed by atoms with Crippen molar-refractivity contribution in [1.29, 1.82) is 0 Å². The Hall–Kier alpha value is -2.33. The van der Waals surface area contributed by atoms with E-state index in [1.54, 1.807) is 0 Å². The zero-order chi connectivity index (χ0) is 23.9. The molecule has 6 rings (SSSR count). The minimum Gasteiger partial charge on any atom is -0.445 e. The minimum atomic E-state index is -0.255. The molecule has 0 unspecified atom stereocenters. The van der Waals surface area contributed by atoms with Crippen molar-refractivity contribution in [2.75, 3.05) is 19.6 Å². The fraction of sp³-hybridized carbons (Fsp3) is 0.567. The molecule has 0 aromatic heterocycles. The number of ether oxygens (including phenoxy) is 1. The Kier molecular flexibility index (Phi) is 6.45. The van der Waals surface area contributed by atoms with Crippen LogP contribution in [0, 0.1) is 18.3 Å². The van der Waals surface area contributed by atoms with Crippen LogP contribution in [-0.2, 0) is 17.6 Å². The van der Waals surface area contributed by atoms with E-state index < -0.39 is 0 Å². The molecule has 4 heteroatoms. The smallest absolute Gasteiger partial charge is 0.407 e. The van der Waals surface area contributed by atoms with E-state index in [-0.39, 0.29) is 23.7 Å². The lowest BCUT2D eigenvalue weighted by molar-refractivity contribution is -0.0348. The van der Waals surface area contributed by atoms with Crippen LogP contribution in [0.5, 0.6) is 0 Å². The van der Waals surface area contributed by atoms with Crippen LogP contribution in [-0.4, -0.2) is 36.7 Å². The molecule has 1 amide bonds. The molecule has 3 aliphatic heterocycles. The molecule has 4 aliphatic rings. The van der Waals surface area contributed by atoms with Crippen molar-refractivity contribution in [3.8, 4) is 11.1 Å². The molecule has 4 nitrogen and oxygen atoms in total. The number of aryl methyl sites for hydroxylation is 2. The number of piperidine rings is 3. The highest BCUT2D eigenvalue weighted by molar-refractivity contribution is 5.72. The summed E-state index contributed by atoms with van der Waals surface area (Å²) in [5.41, 5.74) is 7.78. The summed E-state index contributed by atoms with van der Waals surface area (Å²) in [6, 6.07) is 13.7. The predicted molar refractivity (Wildman–Crippen MR) is 138 cm³/mol. The van der Waals surface area contributed by atoms with Crippen LogP contribution in [0.2, 0.25) is 0 Å². The molecule has 2 aromatic carbocycles. The zero-order valence-corrected chi connectivity index (χ0v) is 21.3. The van der Waals surface area contributed by atoms with Gasteiger partial charge in [0, 0.05) is 6.54 Å². The number of rotatable bonds is 6. The summed E-state index contributed by atoms with van der Waals surface area (Å²) in [7, 11) is 0. The van der Waals surface area contributed by atoms with Crippen molar-refractivity contribution in [2.45, 2.75) is 78.4 Å². The Labute approximate surface area is 205 Å². The number of unbranched alkanes of at least 4 members (excludes halogenated alkanes) is 1. The number of hydrogen-bond acceptors (Lipinski definition) is 3. The van der Waals surface area contributed by atoms with Gasteiger partial charge in [0.2, 0.25) is 0 Å². The van der Waals surface area contributed by atoms with Crippen molar-refractivity contribution in [3.05, 3.63) is 58.7 Å². The van der Waals surface area contributed by atoms with Crippen LogP contribution < -0.4 is 5.32 Å². The third kappa shape index (κ3) is 4.62. The highest BCUT2D eigenvalue weighted by atomic mass is 16.6. The molecule has 182 valence electrons. The Morgan fingerprint density at radius 1 is 1.15 bits per heavy atom. The van der Waals surface area contributed by atoms with Crippen molar-refractivity contribution in [1.82, 2.24) is 10.2 Å². The van der Waals surface area contributed by atoms with Gasteiger partial charge in [0.25, 0.3) is 0 Å². The summed E-state index contributed by atoms with van der Waals surface area (Å²) in [6.45, 7) is 12.1. The number of hydrogen-bond donors (Lipinski definition) is 1. The van der Waals surface area contributed by atoms with Crippen LogP contribution >= 0.6 is 0 Å². The standard InChI is InChI=1S/C30H40N2O2/c1-5-6-7-21-8-10-22(11-9-21)25-17-24-18-30(3,4)28(26(24)16-20(25)2)31-29(33)34-27-19-32-14-12-23(27)13-15-32/h8-11,16-17,23,27-28H,5-7,12-15,18-19H2,1-4H3,(H,31,33)/t27-,28-/m0/s1. The van der Waals surface area contributed by atoms with Gasteiger partial charge in [0.05, 0.1) is 6.04 Å². The van der Waals surface area contributed by atoms with Crippen LogP contribution in [0.1, 0.15) is 74.8 Å². The maximum Gasteiger partial charge on any atom is 0.407 e. The molecule has 3 saturated heterocycles. The van der Waals surface area contributed by atoms with Crippen LogP contribution in [0.25, 0.3) is 11.1 Å². The van der Waals surface area contributed by atoms with Crippen molar-refractivity contribution >= 4 is 6.09 Å². The largest absolute Gasteiger partial charge is 0.445 e. The SMILES string of the molecule is CCCCc1ccc(-c2cc3c(cc2C)[C@H](NC(=O)O[C@H]2CN4CCC2CC4)C(C)(C)C3)cc1. The van der Waals surface area contributed by atoms with Gasteiger partial charge >= 0.3 is 6.09 Å². The second-order valence-electron chi connectivity index (χ2n) is 11.5. The quantitative estimate of drug-likeness (QED) is 0.539. The van der Waals surface area contributed by atoms with Gasteiger partial charge < -0.3 is 10.1 Å². The van der Waals surface area contributed by atoms with E-state index in [0.29, 0.717) is 5.92 Å². The van der Waals surface area contributed by atoms with Gasteiger partial charge in [-0.3, -0.25) is 4.90 Å². The van der Waals surface area contributed by atoms with Gasteiger partial charge in [0.1, 0.15) is 6.10 Å². The Bertz CT molecular complexity index is 1030. The van der Waals surface area contributed by atoms with Gasteiger partial charge in [-0.15, -0.1) is 0 Å². The van der Waals surface area contributed by atoms with E-state index in [1.165, 1.54) is 46.2 Å². The summed E-state index contributed by atoms with van der Waals surface area (Å²) >= 11 is 0. The molecule has 0 radical (unpaired) electrons. The molecule has 2 atom stereocenters. The number of carbonyl (C=O) groups excluding carboxylic acids is 1. The predicted octanol–water partition coefficient (Wildman–Crippen LogP) is 6.45. The summed E-state index contributed by atoms with van der Waals surface area (Å²) in [5.74, 6) is 0.526. The van der Waals surface area contributed by atoms with E-state index in [1.807, 2.05) is 0 Å². The minimum absolute atomic E-state index is 0.0275. The summed E-state index contributed by atoms with van der Waals surface area (Å²) in [4.78, 5) is 15.4. The van der Waals surface area contributed by atoms with E-state index in [4.69, 9.17) is 4.74 Å². The van der Waals surface area contributed by atoms with E-state index in [9.17, 15) is 4.79 Å². The maximum atomic E-state index is 13.0. The number of carbonyl (C=O) groups is 1. The zero-order valence-electron chi connectivity index (χ0n) is 21.3. The number of amides is 1. The second kappa shape index (κ2) is 9.37. The first-order chi connectivity index (χ1) is 16.3. The monoisotopic (exact) mass is 460 g/mol. The lowest BCUT2D eigenvalue weighted by Gasteiger charge is -2.44. The Morgan fingerprint density at radius 3 is 2.53 bits per heavy atom. The lowest BCUT2D eigenvalue weighted by Crippen LogP contribution is -2.53. The first-order valence-electron chi connectivity index (χ1n) is 13.3. The molecule has 2 aromatic rings. The van der Waals surface area contributed by atoms with Crippen LogP contribution in [0.3, 0.4) is 0 Å². The Morgan fingerprint density at radius 2 is 1.88 bits per heavy atom. The first-order valence-corrected chi connectivity index (χ1v) is 13.3. The van der Waals surface area contributed by atoms with Gasteiger partial charge in [0.15, 0.2) is 0 Å². The average Bonchev–Trinajstić information content (AvgIpc) is 3.07. The fourth-order valence-corrected chi connectivity index (χ4v) is 6.36. The molecule has 3 fully saturated rings. The maximum absolute atomic E-state index is 13.0. The molecule has 2 bridgehead atoms. The highest BCUT2D eigenvalue weighted by Gasteiger charge is 2.42. The summed E-state index contributed by atoms with van der Waals surface area (Å²) < 4.78 is 5.97. The molecule has 0 spiro atoms. The molecule has 34 heavy (non-hydrogen) atoms. The number of nitrogens with zero attached hydrogens (tertiary/aromatic N) is 1. The number of alkyl carbamates (subject to hydrolysis) is 1. The van der Waals surface area contributed by atoms with Gasteiger partial charge in [-0.25, -0.2) is 4.79 Å². The molecular weight excluding hydrogens is 420 g/mol. The molecular formula is C30H40N2O2. The summed E-state index contributed by atoms with van der Waals surface area (Å²) in [6.07, 6.45) is 6.65. The molecule has 1 aliphatic carbocycles.